The summed E-state index contributed by atoms with van der Waals surface area (Å²) < 4.78 is 4.65. The lowest BCUT2D eigenvalue weighted by molar-refractivity contribution is 0.0600. The molecule has 2 aromatic rings. The van der Waals surface area contributed by atoms with Gasteiger partial charge in [0.05, 0.1) is 17.7 Å². The Kier molecular flexibility index (Phi) is 4.17. The van der Waals surface area contributed by atoms with Gasteiger partial charge < -0.3 is 4.74 Å². The molecule has 0 radical (unpaired) electrons. The zero-order valence-corrected chi connectivity index (χ0v) is 11.0. The number of aromatic nitrogens is 2. The molecule has 0 aromatic carbocycles. The molecular formula is C12H9ClN2O2S. The maximum absolute atomic E-state index is 11.4. The van der Waals surface area contributed by atoms with E-state index in [1.165, 1.54) is 18.9 Å². The zero-order chi connectivity index (χ0) is 13.0. The Labute approximate surface area is 113 Å². The molecule has 0 saturated heterocycles. The fraction of sp³-hybridized carbons (Fsp3) is 0.0833. The van der Waals surface area contributed by atoms with Crippen LogP contribution in [-0.4, -0.2) is 23.0 Å². The summed E-state index contributed by atoms with van der Waals surface area (Å²) >= 11 is 7.30. The minimum absolute atomic E-state index is 0.397. The fourth-order valence-corrected chi connectivity index (χ4v) is 2.27. The zero-order valence-electron chi connectivity index (χ0n) is 9.46. The summed E-state index contributed by atoms with van der Waals surface area (Å²) in [6.45, 7) is 0. The normalized spacial score (nSPS) is 10.1. The molecule has 0 spiro atoms. The van der Waals surface area contributed by atoms with Crippen LogP contribution >= 0.6 is 23.4 Å². The summed E-state index contributed by atoms with van der Waals surface area (Å²) in [5, 5.41) is 1.83. The van der Waals surface area contributed by atoms with Crippen molar-refractivity contribution >= 4 is 29.3 Å². The van der Waals surface area contributed by atoms with Crippen LogP contribution < -0.4 is 0 Å². The predicted molar refractivity (Wildman–Crippen MR) is 68.9 cm³/mol. The van der Waals surface area contributed by atoms with Crippen LogP contribution in [0.5, 0.6) is 0 Å². The highest BCUT2D eigenvalue weighted by atomic mass is 35.5. The second-order valence-electron chi connectivity index (χ2n) is 3.27. The van der Waals surface area contributed by atoms with Crippen molar-refractivity contribution in [1.29, 1.82) is 0 Å². The molecule has 92 valence electrons. The predicted octanol–water partition coefficient (Wildman–Crippen LogP) is 3.07. The number of pyridine rings is 2. The summed E-state index contributed by atoms with van der Waals surface area (Å²) in [5.74, 6) is -0.397. The Balaban J connectivity index is 2.25. The Hall–Kier alpha value is -1.59. The minimum Gasteiger partial charge on any atom is -0.465 e. The number of ether oxygens (including phenoxy) is 1. The van der Waals surface area contributed by atoms with Gasteiger partial charge in [-0.3, -0.25) is 0 Å². The van der Waals surface area contributed by atoms with Gasteiger partial charge in [-0.25, -0.2) is 14.8 Å². The summed E-state index contributed by atoms with van der Waals surface area (Å²) in [7, 11) is 1.34. The number of nitrogens with zero attached hydrogens (tertiary/aromatic N) is 2. The molecule has 0 N–H and O–H groups in total. The summed E-state index contributed by atoms with van der Waals surface area (Å²) in [5.41, 5.74) is 0.446. The molecule has 0 atom stereocenters. The number of carbonyl (C=O) groups excluding carboxylic acids is 1. The Morgan fingerprint density at radius 1 is 1.33 bits per heavy atom. The van der Waals surface area contributed by atoms with Crippen molar-refractivity contribution in [2.24, 2.45) is 0 Å². The van der Waals surface area contributed by atoms with Crippen LogP contribution in [0.15, 0.2) is 46.7 Å². The van der Waals surface area contributed by atoms with E-state index in [1.807, 2.05) is 0 Å². The topological polar surface area (TPSA) is 52.1 Å². The lowest BCUT2D eigenvalue weighted by atomic mass is 10.3. The summed E-state index contributed by atoms with van der Waals surface area (Å²) in [6, 6.07) is 6.74. The molecule has 4 nitrogen and oxygen atoms in total. The standard InChI is InChI=1S/C12H9ClN2O2S/c1-17-12(16)8-4-6-14-10(7-8)18-11-9(13)3-2-5-15-11/h2-7H,1H3. The highest BCUT2D eigenvalue weighted by Gasteiger charge is 2.09. The largest absolute Gasteiger partial charge is 0.465 e. The van der Waals surface area contributed by atoms with Crippen LogP contribution in [0.1, 0.15) is 10.4 Å². The molecule has 0 amide bonds. The monoisotopic (exact) mass is 280 g/mol. The summed E-state index contributed by atoms with van der Waals surface area (Å²) in [4.78, 5) is 19.7. The van der Waals surface area contributed by atoms with Gasteiger partial charge in [0.25, 0.3) is 0 Å². The molecule has 2 rings (SSSR count). The molecule has 0 aliphatic heterocycles. The van der Waals surface area contributed by atoms with Gasteiger partial charge >= 0.3 is 5.97 Å². The van der Waals surface area contributed by atoms with E-state index in [4.69, 9.17) is 11.6 Å². The fourth-order valence-electron chi connectivity index (χ4n) is 1.26. The second kappa shape index (κ2) is 5.84. The van der Waals surface area contributed by atoms with Crippen molar-refractivity contribution in [2.45, 2.75) is 10.1 Å². The van der Waals surface area contributed by atoms with E-state index in [0.29, 0.717) is 20.6 Å². The molecule has 0 saturated carbocycles. The van der Waals surface area contributed by atoms with Gasteiger partial charge in [-0.1, -0.05) is 11.6 Å². The van der Waals surface area contributed by atoms with E-state index in [-0.39, 0.29) is 0 Å². The molecule has 18 heavy (non-hydrogen) atoms. The van der Waals surface area contributed by atoms with Gasteiger partial charge in [0.2, 0.25) is 0 Å². The number of hydrogen-bond donors (Lipinski definition) is 0. The van der Waals surface area contributed by atoms with E-state index in [2.05, 4.69) is 14.7 Å². The maximum Gasteiger partial charge on any atom is 0.337 e. The van der Waals surface area contributed by atoms with Gasteiger partial charge in [0, 0.05) is 12.4 Å². The Morgan fingerprint density at radius 3 is 2.89 bits per heavy atom. The van der Waals surface area contributed by atoms with Gasteiger partial charge in [0.15, 0.2) is 0 Å². The first-order chi connectivity index (χ1) is 8.70. The number of esters is 1. The molecule has 6 heteroatoms. The number of hydrogen-bond acceptors (Lipinski definition) is 5. The smallest absolute Gasteiger partial charge is 0.337 e. The highest BCUT2D eigenvalue weighted by molar-refractivity contribution is 7.99. The van der Waals surface area contributed by atoms with E-state index in [9.17, 15) is 4.79 Å². The highest BCUT2D eigenvalue weighted by Crippen LogP contribution is 2.30. The first-order valence-electron chi connectivity index (χ1n) is 5.03. The van der Waals surface area contributed by atoms with Crippen molar-refractivity contribution in [3.63, 3.8) is 0 Å². The molecule has 2 heterocycles. The SMILES string of the molecule is COC(=O)c1ccnc(Sc2ncccc2Cl)c1. The lowest BCUT2D eigenvalue weighted by Crippen LogP contribution is -2.01. The van der Waals surface area contributed by atoms with Crippen molar-refractivity contribution in [3.8, 4) is 0 Å². The molecule has 0 aliphatic carbocycles. The summed E-state index contributed by atoms with van der Waals surface area (Å²) in [6.07, 6.45) is 3.20. The number of halogens is 1. The van der Waals surface area contributed by atoms with Crippen LogP contribution in [0, 0.1) is 0 Å². The van der Waals surface area contributed by atoms with Crippen LogP contribution in [-0.2, 0) is 4.74 Å². The van der Waals surface area contributed by atoms with Crippen LogP contribution in [0.4, 0.5) is 0 Å². The average molecular weight is 281 g/mol. The lowest BCUT2D eigenvalue weighted by Gasteiger charge is -2.03. The maximum atomic E-state index is 11.4. The quantitative estimate of drug-likeness (QED) is 0.809. The van der Waals surface area contributed by atoms with Gasteiger partial charge in [0.1, 0.15) is 10.1 Å². The second-order valence-corrected chi connectivity index (χ2v) is 4.68. The van der Waals surface area contributed by atoms with Crippen LogP contribution in [0.3, 0.4) is 0 Å². The minimum atomic E-state index is -0.397. The number of carbonyl (C=O) groups is 1. The van der Waals surface area contributed by atoms with Crippen molar-refractivity contribution in [3.05, 3.63) is 47.2 Å². The first-order valence-corrected chi connectivity index (χ1v) is 6.23. The Bertz CT molecular complexity index is 578. The molecule has 0 unspecified atom stereocenters. The van der Waals surface area contributed by atoms with Crippen LogP contribution in [0.2, 0.25) is 5.02 Å². The van der Waals surface area contributed by atoms with E-state index >= 15 is 0 Å². The van der Waals surface area contributed by atoms with Crippen molar-refractivity contribution in [2.75, 3.05) is 7.11 Å². The molecule has 0 fully saturated rings. The van der Waals surface area contributed by atoms with Crippen molar-refractivity contribution < 1.29 is 9.53 Å². The van der Waals surface area contributed by atoms with E-state index in [1.54, 1.807) is 36.7 Å². The molecule has 2 aromatic heterocycles. The van der Waals surface area contributed by atoms with Crippen LogP contribution in [0.25, 0.3) is 0 Å². The first kappa shape index (κ1) is 12.9. The molecular weight excluding hydrogens is 272 g/mol. The van der Waals surface area contributed by atoms with Gasteiger partial charge in [-0.05, 0) is 36.0 Å². The third-order valence-corrected chi connectivity index (χ3v) is 3.45. The number of rotatable bonds is 3. The molecule has 0 bridgehead atoms. The van der Waals surface area contributed by atoms with E-state index in [0.717, 1.165) is 0 Å². The van der Waals surface area contributed by atoms with Crippen molar-refractivity contribution in [1.82, 2.24) is 9.97 Å². The van der Waals surface area contributed by atoms with Gasteiger partial charge in [-0.15, -0.1) is 0 Å². The number of methoxy groups -OCH3 is 1. The average Bonchev–Trinajstić information content (AvgIpc) is 2.41. The van der Waals surface area contributed by atoms with E-state index < -0.39 is 5.97 Å². The Morgan fingerprint density at radius 2 is 2.17 bits per heavy atom. The molecule has 0 aliphatic rings. The van der Waals surface area contributed by atoms with Gasteiger partial charge in [-0.2, -0.15) is 0 Å². The third-order valence-electron chi connectivity index (χ3n) is 2.08. The third kappa shape index (κ3) is 3.00.